The predicted molar refractivity (Wildman–Crippen MR) is 115 cm³/mol. The van der Waals surface area contributed by atoms with Crippen molar-refractivity contribution in [2.75, 3.05) is 32.9 Å². The molecular weight excluding hydrogens is 394 g/mol. The van der Waals surface area contributed by atoms with Crippen LogP contribution in [-0.4, -0.2) is 55.0 Å². The Morgan fingerprint density at radius 1 is 0.968 bits per heavy atom. The number of ether oxygens (including phenoxy) is 2. The lowest BCUT2D eigenvalue weighted by atomic mass is 9.80. The highest BCUT2D eigenvalue weighted by molar-refractivity contribution is 5.79. The smallest absolute Gasteiger partial charge is 0.409 e. The number of likely N-dealkylation sites (tertiary alicyclic amines) is 1. The number of amides is 1. The second kappa shape index (κ2) is 8.35. The molecule has 0 aromatic heterocycles. The van der Waals surface area contributed by atoms with E-state index in [9.17, 15) is 14.7 Å². The van der Waals surface area contributed by atoms with Gasteiger partial charge in [0, 0.05) is 32.2 Å². The van der Waals surface area contributed by atoms with Crippen LogP contribution < -0.4 is 0 Å². The second-order valence-corrected chi connectivity index (χ2v) is 8.77. The number of carbonyl (C=O) groups excluding carboxylic acids is 1. The number of fused-ring (bicyclic) bond motifs is 3. The Hall–Kier alpha value is -2.86. The number of aliphatic carboxylic acids is 1. The van der Waals surface area contributed by atoms with Crippen molar-refractivity contribution in [3.8, 4) is 11.1 Å². The van der Waals surface area contributed by atoms with E-state index in [2.05, 4.69) is 24.3 Å². The monoisotopic (exact) mass is 421 g/mol. The number of carbonyl (C=O) groups is 2. The first-order valence-electron chi connectivity index (χ1n) is 11.0. The molecule has 5 rings (SSSR count). The van der Waals surface area contributed by atoms with E-state index in [0.29, 0.717) is 19.8 Å². The van der Waals surface area contributed by atoms with Crippen LogP contribution in [0.5, 0.6) is 0 Å². The van der Waals surface area contributed by atoms with Crippen LogP contribution >= 0.6 is 0 Å². The molecule has 0 bridgehead atoms. The minimum Gasteiger partial charge on any atom is -0.481 e. The van der Waals surface area contributed by atoms with E-state index in [1.54, 1.807) is 4.90 Å². The molecular formula is C25H27NO5. The Kier molecular flexibility index (Phi) is 5.40. The number of benzene rings is 2. The van der Waals surface area contributed by atoms with Gasteiger partial charge in [-0.2, -0.15) is 0 Å². The van der Waals surface area contributed by atoms with E-state index >= 15 is 0 Å². The maximum absolute atomic E-state index is 12.9. The molecule has 0 spiro atoms. The van der Waals surface area contributed by atoms with Crippen LogP contribution in [0.2, 0.25) is 0 Å². The lowest BCUT2D eigenvalue weighted by Crippen LogP contribution is -2.32. The molecule has 2 atom stereocenters. The third-order valence-corrected chi connectivity index (χ3v) is 7.15. The van der Waals surface area contributed by atoms with Gasteiger partial charge in [-0.25, -0.2) is 4.79 Å². The van der Waals surface area contributed by atoms with Crippen LogP contribution in [0.25, 0.3) is 11.1 Å². The molecule has 162 valence electrons. The van der Waals surface area contributed by atoms with E-state index in [-0.39, 0.29) is 30.9 Å². The van der Waals surface area contributed by atoms with Gasteiger partial charge in [0.2, 0.25) is 0 Å². The standard InChI is InChI=1S/C25H27NO5/c27-24(28)22-14-26(13-21(22)16-9-11-30-12-10-16)25(29)31-15-23-19-7-3-1-5-17(19)18-6-2-4-8-20(18)23/h1-8,16,21-23H,9-15H2,(H,27,28). The summed E-state index contributed by atoms with van der Waals surface area (Å²) < 4.78 is 11.2. The zero-order valence-electron chi connectivity index (χ0n) is 17.4. The molecule has 0 saturated carbocycles. The maximum atomic E-state index is 12.9. The minimum atomic E-state index is -0.828. The largest absolute Gasteiger partial charge is 0.481 e. The van der Waals surface area contributed by atoms with Crippen molar-refractivity contribution >= 4 is 12.1 Å². The van der Waals surface area contributed by atoms with Crippen molar-refractivity contribution in [3.63, 3.8) is 0 Å². The molecule has 2 saturated heterocycles. The molecule has 6 nitrogen and oxygen atoms in total. The highest BCUT2D eigenvalue weighted by Gasteiger charge is 2.44. The zero-order chi connectivity index (χ0) is 21.4. The summed E-state index contributed by atoms with van der Waals surface area (Å²) in [5.74, 6) is -1.13. The van der Waals surface area contributed by atoms with Crippen molar-refractivity contribution in [2.24, 2.45) is 17.8 Å². The Morgan fingerprint density at radius 3 is 2.19 bits per heavy atom. The lowest BCUT2D eigenvalue weighted by Gasteiger charge is -2.29. The first-order chi connectivity index (χ1) is 15.1. The quantitative estimate of drug-likeness (QED) is 0.808. The first kappa shape index (κ1) is 20.1. The minimum absolute atomic E-state index is 0.000476. The summed E-state index contributed by atoms with van der Waals surface area (Å²) in [4.78, 5) is 26.4. The molecule has 3 aliphatic rings. The van der Waals surface area contributed by atoms with Gasteiger partial charge in [-0.1, -0.05) is 48.5 Å². The molecule has 1 N–H and O–H groups in total. The Bertz CT molecular complexity index is 938. The highest BCUT2D eigenvalue weighted by Crippen LogP contribution is 2.44. The fraction of sp³-hybridized carbons (Fsp3) is 0.440. The molecule has 1 amide bonds. The number of hydrogen-bond acceptors (Lipinski definition) is 4. The summed E-state index contributed by atoms with van der Waals surface area (Å²) in [5, 5.41) is 9.72. The van der Waals surface area contributed by atoms with Gasteiger partial charge in [-0.3, -0.25) is 4.79 Å². The fourth-order valence-electron chi connectivity index (χ4n) is 5.55. The van der Waals surface area contributed by atoms with Crippen LogP contribution in [0.3, 0.4) is 0 Å². The van der Waals surface area contributed by atoms with Gasteiger partial charge in [0.15, 0.2) is 0 Å². The van der Waals surface area contributed by atoms with E-state index in [1.807, 2.05) is 24.3 Å². The number of rotatable bonds is 4. The van der Waals surface area contributed by atoms with E-state index < -0.39 is 18.0 Å². The summed E-state index contributed by atoms with van der Waals surface area (Å²) in [7, 11) is 0. The molecule has 2 aliphatic heterocycles. The molecule has 2 aromatic rings. The van der Waals surface area contributed by atoms with Gasteiger partial charge in [-0.15, -0.1) is 0 Å². The van der Waals surface area contributed by atoms with Gasteiger partial charge < -0.3 is 19.5 Å². The van der Waals surface area contributed by atoms with Crippen molar-refractivity contribution in [3.05, 3.63) is 59.7 Å². The van der Waals surface area contributed by atoms with Gasteiger partial charge in [0.05, 0.1) is 5.92 Å². The molecule has 1 aliphatic carbocycles. The summed E-state index contributed by atoms with van der Waals surface area (Å²) in [6, 6.07) is 16.5. The van der Waals surface area contributed by atoms with Crippen molar-refractivity contribution < 1.29 is 24.2 Å². The summed E-state index contributed by atoms with van der Waals surface area (Å²) >= 11 is 0. The summed E-state index contributed by atoms with van der Waals surface area (Å²) in [6.45, 7) is 2.24. The average molecular weight is 421 g/mol. The van der Waals surface area contributed by atoms with Crippen LogP contribution in [0.4, 0.5) is 4.79 Å². The van der Waals surface area contributed by atoms with Crippen LogP contribution in [0.15, 0.2) is 48.5 Å². The summed E-state index contributed by atoms with van der Waals surface area (Å²) in [6.07, 6.45) is 1.29. The Labute approximate surface area is 181 Å². The fourth-order valence-corrected chi connectivity index (χ4v) is 5.55. The maximum Gasteiger partial charge on any atom is 0.409 e. The molecule has 0 radical (unpaired) electrons. The Morgan fingerprint density at radius 2 is 1.58 bits per heavy atom. The summed E-state index contributed by atoms with van der Waals surface area (Å²) in [5.41, 5.74) is 4.71. The third kappa shape index (κ3) is 3.69. The molecule has 2 unspecified atom stereocenters. The van der Waals surface area contributed by atoms with Gasteiger partial charge in [0.1, 0.15) is 6.61 Å². The topological polar surface area (TPSA) is 76.1 Å². The SMILES string of the molecule is O=C(O)C1CN(C(=O)OCC2c3ccccc3-c3ccccc32)CC1C1CCOCC1. The van der Waals surface area contributed by atoms with Crippen molar-refractivity contribution in [1.29, 1.82) is 0 Å². The highest BCUT2D eigenvalue weighted by atomic mass is 16.6. The van der Waals surface area contributed by atoms with Gasteiger partial charge in [-0.05, 0) is 46.9 Å². The third-order valence-electron chi connectivity index (χ3n) is 7.15. The molecule has 31 heavy (non-hydrogen) atoms. The average Bonchev–Trinajstić information content (AvgIpc) is 3.39. The number of nitrogens with zero attached hydrogens (tertiary/aromatic N) is 1. The zero-order valence-corrected chi connectivity index (χ0v) is 17.4. The van der Waals surface area contributed by atoms with Crippen LogP contribution in [0.1, 0.15) is 29.9 Å². The number of carboxylic acid groups (broad SMARTS) is 1. The van der Waals surface area contributed by atoms with Crippen LogP contribution in [-0.2, 0) is 14.3 Å². The number of carboxylic acids is 1. The predicted octanol–water partition coefficient (Wildman–Crippen LogP) is 3.99. The van der Waals surface area contributed by atoms with Gasteiger partial charge in [0.25, 0.3) is 0 Å². The van der Waals surface area contributed by atoms with Crippen molar-refractivity contribution in [1.82, 2.24) is 4.90 Å². The second-order valence-electron chi connectivity index (χ2n) is 8.77. The van der Waals surface area contributed by atoms with E-state index in [1.165, 1.54) is 22.3 Å². The molecule has 2 aromatic carbocycles. The van der Waals surface area contributed by atoms with Crippen LogP contribution in [0, 0.1) is 17.8 Å². The van der Waals surface area contributed by atoms with E-state index in [4.69, 9.17) is 9.47 Å². The lowest BCUT2D eigenvalue weighted by molar-refractivity contribution is -0.143. The molecule has 2 fully saturated rings. The van der Waals surface area contributed by atoms with Crippen molar-refractivity contribution in [2.45, 2.75) is 18.8 Å². The first-order valence-corrected chi connectivity index (χ1v) is 11.0. The molecule has 6 heteroatoms. The Balaban J connectivity index is 1.28. The number of hydrogen-bond donors (Lipinski definition) is 1. The van der Waals surface area contributed by atoms with Gasteiger partial charge >= 0.3 is 12.1 Å². The molecule has 2 heterocycles. The van der Waals surface area contributed by atoms with E-state index in [0.717, 1.165) is 12.8 Å². The normalized spacial score (nSPS) is 23.4.